The van der Waals surface area contributed by atoms with E-state index >= 15 is 0 Å². The first kappa shape index (κ1) is 14.6. The van der Waals surface area contributed by atoms with E-state index in [4.69, 9.17) is 9.26 Å². The molecule has 2 aromatic rings. The van der Waals surface area contributed by atoms with Gasteiger partial charge in [0.15, 0.2) is 0 Å². The van der Waals surface area contributed by atoms with Crippen LogP contribution in [0, 0.1) is 13.8 Å². The van der Waals surface area contributed by atoms with Crippen LogP contribution in [0.4, 0.5) is 5.95 Å². The summed E-state index contributed by atoms with van der Waals surface area (Å²) in [4.78, 5) is 4.48. The van der Waals surface area contributed by atoms with Crippen molar-refractivity contribution in [3.63, 3.8) is 0 Å². The first-order valence-electron chi connectivity index (χ1n) is 6.96. The number of hydrogen-bond donors (Lipinski definition) is 1. The summed E-state index contributed by atoms with van der Waals surface area (Å²) in [5.41, 5.74) is 1.88. The largest absolute Gasteiger partial charge is 0.382 e. The van der Waals surface area contributed by atoms with Crippen LogP contribution in [0.5, 0.6) is 0 Å². The molecule has 6 heteroatoms. The van der Waals surface area contributed by atoms with E-state index in [-0.39, 0.29) is 0 Å². The van der Waals surface area contributed by atoms with Crippen molar-refractivity contribution in [1.29, 1.82) is 0 Å². The van der Waals surface area contributed by atoms with Gasteiger partial charge in [-0.25, -0.2) is 4.98 Å². The van der Waals surface area contributed by atoms with Crippen molar-refractivity contribution in [3.8, 4) is 0 Å². The highest BCUT2D eigenvalue weighted by Crippen LogP contribution is 2.12. The Morgan fingerprint density at radius 3 is 2.95 bits per heavy atom. The summed E-state index contributed by atoms with van der Waals surface area (Å²) in [5.74, 6) is 1.68. The number of rotatable bonds is 8. The Balaban J connectivity index is 1.92. The Morgan fingerprint density at radius 1 is 1.40 bits per heavy atom. The second-order valence-electron chi connectivity index (χ2n) is 4.74. The highest BCUT2D eigenvalue weighted by atomic mass is 16.5. The van der Waals surface area contributed by atoms with E-state index in [9.17, 15) is 0 Å². The number of nitrogens with zero attached hydrogens (tertiary/aromatic N) is 3. The van der Waals surface area contributed by atoms with Gasteiger partial charge in [0.1, 0.15) is 11.5 Å². The van der Waals surface area contributed by atoms with Crippen LogP contribution in [0.25, 0.3) is 0 Å². The highest BCUT2D eigenvalue weighted by Gasteiger charge is 2.08. The minimum Gasteiger partial charge on any atom is -0.382 e. The minimum atomic E-state index is 0.659. The summed E-state index contributed by atoms with van der Waals surface area (Å²) < 4.78 is 12.5. The molecule has 0 unspecified atom stereocenters. The van der Waals surface area contributed by atoms with Gasteiger partial charge in [0.25, 0.3) is 0 Å². The number of hydrogen-bond acceptors (Lipinski definition) is 5. The molecule has 0 saturated carbocycles. The minimum absolute atomic E-state index is 0.659. The number of imidazole rings is 1. The van der Waals surface area contributed by atoms with E-state index in [1.165, 1.54) is 0 Å². The molecule has 0 aromatic carbocycles. The van der Waals surface area contributed by atoms with Crippen LogP contribution in [-0.2, 0) is 11.3 Å². The Labute approximate surface area is 119 Å². The number of anilines is 1. The van der Waals surface area contributed by atoms with Gasteiger partial charge in [-0.05, 0) is 27.2 Å². The molecule has 0 spiro atoms. The fourth-order valence-electron chi connectivity index (χ4n) is 1.99. The normalized spacial score (nSPS) is 10.9. The van der Waals surface area contributed by atoms with Crippen LogP contribution in [0.15, 0.2) is 16.8 Å². The molecule has 0 fully saturated rings. The molecule has 0 atom stereocenters. The molecule has 6 nitrogen and oxygen atoms in total. The van der Waals surface area contributed by atoms with Gasteiger partial charge < -0.3 is 19.1 Å². The lowest BCUT2D eigenvalue weighted by Gasteiger charge is -2.08. The Hall–Kier alpha value is -1.82. The van der Waals surface area contributed by atoms with Gasteiger partial charge in [0, 0.05) is 32.0 Å². The average Bonchev–Trinajstić information content (AvgIpc) is 2.96. The number of ether oxygens (including phenoxy) is 1. The third kappa shape index (κ3) is 4.09. The fourth-order valence-corrected chi connectivity index (χ4v) is 1.99. The molecular formula is C14H22N4O2. The van der Waals surface area contributed by atoms with Gasteiger partial charge >= 0.3 is 0 Å². The molecule has 0 radical (unpaired) electrons. The van der Waals surface area contributed by atoms with Crippen molar-refractivity contribution < 1.29 is 9.26 Å². The maximum absolute atomic E-state index is 5.32. The third-order valence-corrected chi connectivity index (χ3v) is 2.86. The van der Waals surface area contributed by atoms with E-state index in [2.05, 4.69) is 15.5 Å². The Bertz CT molecular complexity index is 533. The van der Waals surface area contributed by atoms with Crippen LogP contribution in [-0.4, -0.2) is 34.5 Å². The topological polar surface area (TPSA) is 65.1 Å². The number of aryl methyl sites for hydroxylation is 2. The quantitative estimate of drug-likeness (QED) is 0.751. The summed E-state index contributed by atoms with van der Waals surface area (Å²) in [5, 5.41) is 7.34. The molecule has 20 heavy (non-hydrogen) atoms. The number of nitrogens with one attached hydrogen (secondary N) is 1. The predicted molar refractivity (Wildman–Crippen MR) is 76.9 cm³/mol. The van der Waals surface area contributed by atoms with Crippen molar-refractivity contribution in [3.05, 3.63) is 29.4 Å². The predicted octanol–water partition coefficient (Wildman–Crippen LogP) is 2.37. The summed E-state index contributed by atoms with van der Waals surface area (Å²) in [6.07, 6.45) is 2.97. The molecule has 2 heterocycles. The van der Waals surface area contributed by atoms with Gasteiger partial charge in [-0.2, -0.15) is 0 Å². The molecule has 2 rings (SSSR count). The van der Waals surface area contributed by atoms with E-state index in [0.29, 0.717) is 6.54 Å². The van der Waals surface area contributed by atoms with E-state index < -0.39 is 0 Å². The summed E-state index contributed by atoms with van der Waals surface area (Å²) in [6, 6.07) is 1.94. The first-order valence-corrected chi connectivity index (χ1v) is 6.96. The molecule has 0 saturated heterocycles. The zero-order valence-corrected chi connectivity index (χ0v) is 12.3. The molecular weight excluding hydrogens is 256 g/mol. The van der Waals surface area contributed by atoms with Crippen molar-refractivity contribution in [1.82, 2.24) is 14.7 Å². The lowest BCUT2D eigenvalue weighted by molar-refractivity contribution is 0.147. The van der Waals surface area contributed by atoms with Crippen LogP contribution in [0.1, 0.15) is 30.5 Å². The van der Waals surface area contributed by atoms with Gasteiger partial charge in [-0.3, -0.25) is 0 Å². The molecule has 2 aromatic heterocycles. The zero-order valence-electron chi connectivity index (χ0n) is 12.3. The Kier molecular flexibility index (Phi) is 5.17. The van der Waals surface area contributed by atoms with Crippen molar-refractivity contribution in [2.75, 3.05) is 25.1 Å². The zero-order chi connectivity index (χ0) is 14.4. The van der Waals surface area contributed by atoms with Gasteiger partial charge in [0.2, 0.25) is 5.95 Å². The molecule has 1 N–H and O–H groups in total. The molecule has 0 bridgehead atoms. The monoisotopic (exact) mass is 278 g/mol. The molecule has 0 aliphatic carbocycles. The number of aromatic nitrogens is 3. The second-order valence-corrected chi connectivity index (χ2v) is 4.74. The van der Waals surface area contributed by atoms with E-state index in [1.54, 1.807) is 0 Å². The lowest BCUT2D eigenvalue weighted by atomic mass is 10.4. The molecule has 110 valence electrons. The van der Waals surface area contributed by atoms with Gasteiger partial charge in [-0.1, -0.05) is 5.16 Å². The first-order chi connectivity index (χ1) is 9.69. The molecule has 0 amide bonds. The Morgan fingerprint density at radius 2 is 2.25 bits per heavy atom. The van der Waals surface area contributed by atoms with Gasteiger partial charge in [-0.15, -0.1) is 0 Å². The van der Waals surface area contributed by atoms with Crippen molar-refractivity contribution >= 4 is 5.95 Å². The van der Waals surface area contributed by atoms with Crippen LogP contribution < -0.4 is 5.32 Å². The maximum Gasteiger partial charge on any atom is 0.203 e. The van der Waals surface area contributed by atoms with Gasteiger partial charge in [0.05, 0.1) is 12.2 Å². The van der Waals surface area contributed by atoms with E-state index in [1.807, 2.05) is 37.6 Å². The molecule has 0 aliphatic heterocycles. The lowest BCUT2D eigenvalue weighted by Crippen LogP contribution is -2.11. The maximum atomic E-state index is 5.32. The standard InChI is InChI=1S/C14H22N4O2/c1-4-19-7-5-6-15-14-16-11(2)9-18(14)10-13-8-12(3)20-17-13/h8-9H,4-7,10H2,1-3H3,(H,15,16). The van der Waals surface area contributed by atoms with Crippen molar-refractivity contribution in [2.24, 2.45) is 0 Å². The van der Waals surface area contributed by atoms with E-state index in [0.717, 1.165) is 49.3 Å². The smallest absolute Gasteiger partial charge is 0.203 e. The van der Waals surface area contributed by atoms with Crippen LogP contribution in [0.3, 0.4) is 0 Å². The third-order valence-electron chi connectivity index (χ3n) is 2.86. The van der Waals surface area contributed by atoms with Crippen LogP contribution >= 0.6 is 0 Å². The summed E-state index contributed by atoms with van der Waals surface area (Å²) >= 11 is 0. The summed E-state index contributed by atoms with van der Waals surface area (Å²) in [7, 11) is 0. The average molecular weight is 278 g/mol. The second kappa shape index (κ2) is 7.09. The fraction of sp³-hybridized carbons (Fsp3) is 0.571. The summed E-state index contributed by atoms with van der Waals surface area (Å²) in [6.45, 7) is 8.91. The molecule has 0 aliphatic rings. The van der Waals surface area contributed by atoms with Crippen molar-refractivity contribution in [2.45, 2.75) is 33.7 Å². The highest BCUT2D eigenvalue weighted by molar-refractivity contribution is 5.29. The van der Waals surface area contributed by atoms with Crippen LogP contribution in [0.2, 0.25) is 0 Å². The SMILES string of the molecule is CCOCCCNc1nc(C)cn1Cc1cc(C)on1.